The fraction of sp³-hybridized carbons (Fsp3) is 0.278. The number of alkyl halides is 3. The minimum absolute atomic E-state index is 0.264. The summed E-state index contributed by atoms with van der Waals surface area (Å²) in [5, 5.41) is 2.52. The van der Waals surface area contributed by atoms with Gasteiger partial charge in [-0.15, -0.1) is 0 Å². The molecule has 1 unspecified atom stereocenters. The molecule has 0 aliphatic rings. The van der Waals surface area contributed by atoms with Crippen LogP contribution in [0.4, 0.5) is 18.9 Å². The molecule has 0 aromatic heterocycles. The van der Waals surface area contributed by atoms with Crippen LogP contribution in [0.3, 0.4) is 0 Å². The fourth-order valence-electron chi connectivity index (χ4n) is 2.03. The number of benzene rings is 2. The van der Waals surface area contributed by atoms with Crippen molar-refractivity contribution < 1.29 is 27.4 Å². The first-order valence-electron chi connectivity index (χ1n) is 7.67. The van der Waals surface area contributed by atoms with Gasteiger partial charge in [0.2, 0.25) is 0 Å². The molecule has 7 heteroatoms. The molecule has 0 bridgehead atoms. The molecule has 4 nitrogen and oxygen atoms in total. The van der Waals surface area contributed by atoms with Crippen LogP contribution in [0, 0.1) is 0 Å². The Hall–Kier alpha value is -2.70. The first-order chi connectivity index (χ1) is 11.8. The molecule has 1 atom stereocenters. The Kier molecular flexibility index (Phi) is 5.90. The van der Waals surface area contributed by atoms with Crippen molar-refractivity contribution >= 4 is 11.6 Å². The van der Waals surface area contributed by atoms with Crippen molar-refractivity contribution in [3.05, 3.63) is 54.1 Å². The van der Waals surface area contributed by atoms with Gasteiger partial charge in [-0.05, 0) is 62.4 Å². The largest absolute Gasteiger partial charge is 0.494 e. The molecule has 0 heterocycles. The quantitative estimate of drug-likeness (QED) is 0.831. The molecule has 2 aromatic rings. The number of rotatable bonds is 6. The Bertz CT molecular complexity index is 697. The van der Waals surface area contributed by atoms with Gasteiger partial charge < -0.3 is 14.8 Å². The number of nitrogens with one attached hydrogen (secondary N) is 1. The lowest BCUT2D eigenvalue weighted by Gasteiger charge is -2.15. The lowest BCUT2D eigenvalue weighted by Crippen LogP contribution is -2.30. The third kappa shape index (κ3) is 5.41. The maximum atomic E-state index is 12.5. The molecule has 0 radical (unpaired) electrons. The molecule has 2 aromatic carbocycles. The van der Waals surface area contributed by atoms with E-state index in [0.29, 0.717) is 18.1 Å². The molecular weight excluding hydrogens is 335 g/mol. The molecule has 0 fully saturated rings. The van der Waals surface area contributed by atoms with E-state index in [9.17, 15) is 18.0 Å². The van der Waals surface area contributed by atoms with E-state index < -0.39 is 23.8 Å². The summed E-state index contributed by atoms with van der Waals surface area (Å²) in [6.07, 6.45) is -5.23. The van der Waals surface area contributed by atoms with Crippen LogP contribution < -0.4 is 14.8 Å². The van der Waals surface area contributed by atoms with E-state index in [2.05, 4.69) is 5.32 Å². The standard InChI is InChI=1S/C18H18F3NO3/c1-3-24-15-8-10-16(11-9-15)25-12(2)17(23)22-14-6-4-13(5-7-14)18(19,20)21/h4-12H,3H2,1-2H3,(H,22,23). The van der Waals surface area contributed by atoms with Crippen molar-refractivity contribution in [2.75, 3.05) is 11.9 Å². The number of anilines is 1. The van der Waals surface area contributed by atoms with Crippen LogP contribution >= 0.6 is 0 Å². The van der Waals surface area contributed by atoms with Crippen LogP contribution in [0.15, 0.2) is 48.5 Å². The van der Waals surface area contributed by atoms with Crippen LogP contribution in [-0.2, 0) is 11.0 Å². The second-order valence-electron chi connectivity index (χ2n) is 5.23. The number of amides is 1. The van der Waals surface area contributed by atoms with Crippen molar-refractivity contribution in [2.24, 2.45) is 0 Å². The third-order valence-corrected chi connectivity index (χ3v) is 3.30. The van der Waals surface area contributed by atoms with Gasteiger partial charge in [0.05, 0.1) is 12.2 Å². The summed E-state index contributed by atoms with van der Waals surface area (Å²) in [7, 11) is 0. The van der Waals surface area contributed by atoms with E-state index in [-0.39, 0.29) is 5.69 Å². The first-order valence-corrected chi connectivity index (χ1v) is 7.67. The molecule has 134 valence electrons. The molecule has 25 heavy (non-hydrogen) atoms. The average Bonchev–Trinajstić information content (AvgIpc) is 2.56. The molecule has 0 spiro atoms. The first kappa shape index (κ1) is 18.6. The van der Waals surface area contributed by atoms with E-state index in [0.717, 1.165) is 12.1 Å². The Labute approximate surface area is 143 Å². The Morgan fingerprint density at radius 2 is 1.60 bits per heavy atom. The lowest BCUT2D eigenvalue weighted by molar-refractivity contribution is -0.137. The highest BCUT2D eigenvalue weighted by atomic mass is 19.4. The highest BCUT2D eigenvalue weighted by Crippen LogP contribution is 2.29. The topological polar surface area (TPSA) is 47.6 Å². The Balaban J connectivity index is 1.93. The normalized spacial score (nSPS) is 12.4. The van der Waals surface area contributed by atoms with E-state index >= 15 is 0 Å². The van der Waals surface area contributed by atoms with Gasteiger partial charge in [-0.25, -0.2) is 0 Å². The summed E-state index contributed by atoms with van der Waals surface area (Å²) in [4.78, 5) is 12.1. The molecule has 0 aliphatic carbocycles. The van der Waals surface area contributed by atoms with E-state index in [1.807, 2.05) is 6.92 Å². The molecular formula is C18H18F3NO3. The van der Waals surface area contributed by atoms with Gasteiger partial charge in [-0.2, -0.15) is 13.2 Å². The van der Waals surface area contributed by atoms with Crippen molar-refractivity contribution in [3.8, 4) is 11.5 Å². The van der Waals surface area contributed by atoms with Gasteiger partial charge in [-0.1, -0.05) is 0 Å². The van der Waals surface area contributed by atoms with E-state index in [1.54, 1.807) is 31.2 Å². The second-order valence-corrected chi connectivity index (χ2v) is 5.23. The van der Waals surface area contributed by atoms with Crippen LogP contribution in [0.25, 0.3) is 0 Å². The van der Waals surface area contributed by atoms with Gasteiger partial charge >= 0.3 is 6.18 Å². The van der Waals surface area contributed by atoms with Gasteiger partial charge in [0.1, 0.15) is 11.5 Å². The number of halogens is 3. The molecule has 1 amide bonds. The highest BCUT2D eigenvalue weighted by molar-refractivity contribution is 5.94. The zero-order valence-electron chi connectivity index (χ0n) is 13.8. The van der Waals surface area contributed by atoms with Gasteiger partial charge in [-0.3, -0.25) is 4.79 Å². The molecule has 2 rings (SSSR count). The number of hydrogen-bond acceptors (Lipinski definition) is 3. The highest BCUT2D eigenvalue weighted by Gasteiger charge is 2.30. The van der Waals surface area contributed by atoms with Crippen LogP contribution in [0.1, 0.15) is 19.4 Å². The minimum atomic E-state index is -4.41. The minimum Gasteiger partial charge on any atom is -0.494 e. The summed E-state index contributed by atoms with van der Waals surface area (Å²) < 4.78 is 48.4. The Morgan fingerprint density at radius 3 is 2.12 bits per heavy atom. The number of hydrogen-bond donors (Lipinski definition) is 1. The third-order valence-electron chi connectivity index (χ3n) is 3.30. The van der Waals surface area contributed by atoms with Crippen molar-refractivity contribution in [1.29, 1.82) is 0 Å². The number of ether oxygens (including phenoxy) is 2. The second kappa shape index (κ2) is 7.92. The van der Waals surface area contributed by atoms with Crippen LogP contribution in [0.5, 0.6) is 11.5 Å². The summed E-state index contributed by atoms with van der Waals surface area (Å²) in [5.41, 5.74) is -0.510. The van der Waals surface area contributed by atoms with Gasteiger partial charge in [0, 0.05) is 5.69 Å². The SMILES string of the molecule is CCOc1ccc(OC(C)C(=O)Nc2ccc(C(F)(F)F)cc2)cc1. The summed E-state index contributed by atoms with van der Waals surface area (Å²) in [6, 6.07) is 11.0. The van der Waals surface area contributed by atoms with Crippen molar-refractivity contribution in [1.82, 2.24) is 0 Å². The van der Waals surface area contributed by atoms with Gasteiger partial charge in [0.25, 0.3) is 5.91 Å². The Morgan fingerprint density at radius 1 is 1.04 bits per heavy atom. The van der Waals surface area contributed by atoms with E-state index in [1.165, 1.54) is 12.1 Å². The maximum absolute atomic E-state index is 12.5. The van der Waals surface area contributed by atoms with Crippen LogP contribution in [-0.4, -0.2) is 18.6 Å². The van der Waals surface area contributed by atoms with Gasteiger partial charge in [0.15, 0.2) is 6.10 Å². The lowest BCUT2D eigenvalue weighted by atomic mass is 10.2. The van der Waals surface area contributed by atoms with Crippen molar-refractivity contribution in [3.63, 3.8) is 0 Å². The summed E-state index contributed by atoms with van der Waals surface area (Å²) >= 11 is 0. The fourth-order valence-corrected chi connectivity index (χ4v) is 2.03. The molecule has 0 saturated heterocycles. The summed E-state index contributed by atoms with van der Waals surface area (Å²) in [5.74, 6) is 0.712. The average molecular weight is 353 g/mol. The zero-order valence-corrected chi connectivity index (χ0v) is 13.8. The molecule has 0 saturated carbocycles. The number of carbonyl (C=O) groups excluding carboxylic acids is 1. The maximum Gasteiger partial charge on any atom is 0.416 e. The smallest absolute Gasteiger partial charge is 0.416 e. The monoisotopic (exact) mass is 353 g/mol. The predicted molar refractivity (Wildman–Crippen MR) is 87.8 cm³/mol. The molecule has 0 aliphatic heterocycles. The predicted octanol–water partition coefficient (Wildman–Crippen LogP) is 4.51. The zero-order chi connectivity index (χ0) is 18.4. The van der Waals surface area contributed by atoms with Crippen LogP contribution in [0.2, 0.25) is 0 Å². The van der Waals surface area contributed by atoms with E-state index in [4.69, 9.17) is 9.47 Å². The molecule has 1 N–H and O–H groups in total. The number of carbonyl (C=O) groups is 1. The van der Waals surface area contributed by atoms with Crippen molar-refractivity contribution in [2.45, 2.75) is 26.1 Å². The summed E-state index contributed by atoms with van der Waals surface area (Å²) in [6.45, 7) is 3.97.